The lowest BCUT2D eigenvalue weighted by Crippen LogP contribution is -2.27. The van der Waals surface area contributed by atoms with Crippen molar-refractivity contribution < 1.29 is 19.1 Å². The molecule has 0 spiro atoms. The van der Waals surface area contributed by atoms with Gasteiger partial charge in [-0.15, -0.1) is 6.58 Å². The molecule has 1 heterocycles. The van der Waals surface area contributed by atoms with Crippen molar-refractivity contribution in [1.29, 1.82) is 0 Å². The SMILES string of the molecule is C=CCc1cc(/C=C2\SC(=O)N(Cc3ccc(Cl)cc3)C2=O)cc(OCC)c1OCc1ccc(Br)cc1. The van der Waals surface area contributed by atoms with Crippen molar-refractivity contribution in [3.8, 4) is 11.5 Å². The zero-order valence-corrected chi connectivity index (χ0v) is 23.4. The summed E-state index contributed by atoms with van der Waals surface area (Å²) in [7, 11) is 0. The number of amides is 2. The molecule has 0 atom stereocenters. The van der Waals surface area contributed by atoms with Crippen LogP contribution in [0.5, 0.6) is 11.5 Å². The molecule has 190 valence electrons. The number of nitrogens with zero attached hydrogens (tertiary/aromatic N) is 1. The topological polar surface area (TPSA) is 55.8 Å². The number of carbonyl (C=O) groups is 2. The largest absolute Gasteiger partial charge is 0.490 e. The normalized spacial score (nSPS) is 14.4. The summed E-state index contributed by atoms with van der Waals surface area (Å²) < 4.78 is 13.1. The first kappa shape index (κ1) is 27.0. The molecule has 1 fully saturated rings. The lowest BCUT2D eigenvalue weighted by atomic mass is 10.0. The maximum Gasteiger partial charge on any atom is 0.293 e. The van der Waals surface area contributed by atoms with Crippen molar-refractivity contribution in [2.75, 3.05) is 6.61 Å². The molecule has 0 aromatic heterocycles. The van der Waals surface area contributed by atoms with Gasteiger partial charge in [0, 0.05) is 15.1 Å². The van der Waals surface area contributed by atoms with E-state index in [1.807, 2.05) is 43.3 Å². The quantitative estimate of drug-likeness (QED) is 0.175. The van der Waals surface area contributed by atoms with Gasteiger partial charge in [-0.3, -0.25) is 14.5 Å². The van der Waals surface area contributed by atoms with Crippen LogP contribution in [0.2, 0.25) is 5.02 Å². The molecule has 5 nitrogen and oxygen atoms in total. The maximum atomic E-state index is 13.1. The van der Waals surface area contributed by atoms with E-state index in [1.54, 1.807) is 36.4 Å². The number of carbonyl (C=O) groups excluding carboxylic acids is 2. The monoisotopic (exact) mass is 597 g/mol. The van der Waals surface area contributed by atoms with Gasteiger partial charge in [0.15, 0.2) is 11.5 Å². The van der Waals surface area contributed by atoms with Crippen LogP contribution in [-0.2, 0) is 24.4 Å². The van der Waals surface area contributed by atoms with Gasteiger partial charge >= 0.3 is 0 Å². The average molecular weight is 599 g/mol. The minimum atomic E-state index is -0.330. The molecule has 0 bridgehead atoms. The summed E-state index contributed by atoms with van der Waals surface area (Å²) in [5.74, 6) is 0.881. The molecule has 2 amide bonds. The Morgan fingerprint density at radius 1 is 1.03 bits per heavy atom. The summed E-state index contributed by atoms with van der Waals surface area (Å²) in [5, 5.41) is 0.291. The second kappa shape index (κ2) is 12.5. The molecule has 1 aliphatic rings. The highest BCUT2D eigenvalue weighted by atomic mass is 79.9. The highest BCUT2D eigenvalue weighted by molar-refractivity contribution is 9.10. The van der Waals surface area contributed by atoms with Crippen LogP contribution in [0.3, 0.4) is 0 Å². The Balaban J connectivity index is 1.60. The molecule has 3 aromatic rings. The number of halogens is 2. The first-order valence-electron chi connectivity index (χ1n) is 11.7. The molecule has 0 N–H and O–H groups in total. The highest BCUT2D eigenvalue weighted by Crippen LogP contribution is 2.38. The Morgan fingerprint density at radius 3 is 2.41 bits per heavy atom. The van der Waals surface area contributed by atoms with Gasteiger partial charge in [0.1, 0.15) is 6.61 Å². The zero-order chi connectivity index (χ0) is 26.4. The molecule has 0 aliphatic carbocycles. The summed E-state index contributed by atoms with van der Waals surface area (Å²) in [6, 6.07) is 18.8. The molecule has 4 rings (SSSR count). The fourth-order valence-electron chi connectivity index (χ4n) is 3.80. The first-order chi connectivity index (χ1) is 17.9. The van der Waals surface area contributed by atoms with Crippen molar-refractivity contribution in [1.82, 2.24) is 4.90 Å². The molecule has 1 saturated heterocycles. The number of benzene rings is 3. The van der Waals surface area contributed by atoms with Gasteiger partial charge < -0.3 is 9.47 Å². The second-order valence-corrected chi connectivity index (χ2v) is 10.6. The predicted octanol–water partition coefficient (Wildman–Crippen LogP) is 8.05. The highest BCUT2D eigenvalue weighted by Gasteiger charge is 2.35. The third-order valence-corrected chi connectivity index (χ3v) is 7.23. The van der Waals surface area contributed by atoms with Gasteiger partial charge in [0.05, 0.1) is 18.1 Å². The molecule has 3 aromatic carbocycles. The number of ether oxygens (including phenoxy) is 2. The smallest absolute Gasteiger partial charge is 0.293 e. The van der Waals surface area contributed by atoms with E-state index in [9.17, 15) is 9.59 Å². The summed E-state index contributed by atoms with van der Waals surface area (Å²) in [6.07, 6.45) is 4.07. The first-order valence-corrected chi connectivity index (χ1v) is 13.6. The molecule has 37 heavy (non-hydrogen) atoms. The van der Waals surface area contributed by atoms with Gasteiger partial charge in [0.25, 0.3) is 11.1 Å². The van der Waals surface area contributed by atoms with Crippen LogP contribution >= 0.6 is 39.3 Å². The molecule has 8 heteroatoms. The number of thioether (sulfide) groups is 1. The van der Waals surface area contributed by atoms with Crippen molar-refractivity contribution >= 4 is 56.5 Å². The lowest BCUT2D eigenvalue weighted by Gasteiger charge is -2.17. The lowest BCUT2D eigenvalue weighted by molar-refractivity contribution is -0.123. The molecule has 0 radical (unpaired) electrons. The van der Waals surface area contributed by atoms with Crippen LogP contribution in [0.15, 0.2) is 82.7 Å². The van der Waals surface area contributed by atoms with Crippen LogP contribution in [0.4, 0.5) is 4.79 Å². The van der Waals surface area contributed by atoms with Gasteiger partial charge in [-0.1, -0.05) is 57.9 Å². The average Bonchev–Trinajstić information content (AvgIpc) is 3.13. The van der Waals surface area contributed by atoms with Gasteiger partial charge in [-0.2, -0.15) is 0 Å². The van der Waals surface area contributed by atoms with Crippen molar-refractivity contribution in [2.45, 2.75) is 26.5 Å². The molecule has 0 unspecified atom stereocenters. The Hall–Kier alpha value is -3.00. The molecule has 0 saturated carbocycles. The summed E-state index contributed by atoms with van der Waals surface area (Å²) >= 11 is 10.3. The summed E-state index contributed by atoms with van der Waals surface area (Å²) in [5.41, 5.74) is 3.47. The van der Waals surface area contributed by atoms with E-state index in [2.05, 4.69) is 22.5 Å². The van der Waals surface area contributed by atoms with Crippen LogP contribution in [0.1, 0.15) is 29.2 Å². The number of hydrogen-bond acceptors (Lipinski definition) is 5. The number of rotatable bonds is 10. The fourth-order valence-corrected chi connectivity index (χ4v) is 5.03. The minimum absolute atomic E-state index is 0.188. The second-order valence-electron chi connectivity index (χ2n) is 8.24. The molecular weight excluding hydrogens is 574 g/mol. The van der Waals surface area contributed by atoms with Crippen LogP contribution in [-0.4, -0.2) is 22.7 Å². The Morgan fingerprint density at radius 2 is 1.73 bits per heavy atom. The van der Waals surface area contributed by atoms with Gasteiger partial charge in [0.2, 0.25) is 0 Å². The molecular formula is C29H25BrClNO4S. The van der Waals surface area contributed by atoms with Crippen molar-refractivity contribution in [2.24, 2.45) is 0 Å². The van der Waals surface area contributed by atoms with Crippen LogP contribution in [0.25, 0.3) is 6.08 Å². The number of hydrogen-bond donors (Lipinski definition) is 0. The van der Waals surface area contributed by atoms with E-state index in [1.165, 1.54) is 4.90 Å². The minimum Gasteiger partial charge on any atom is -0.490 e. The van der Waals surface area contributed by atoms with Crippen LogP contribution in [0, 0.1) is 0 Å². The maximum absolute atomic E-state index is 13.1. The number of allylic oxidation sites excluding steroid dienone is 1. The standard InChI is InChI=1S/C29H25BrClNO4S/c1-3-5-22-14-21(15-25(35-4-2)27(22)36-18-20-6-10-23(30)11-7-20)16-26-28(33)32(29(34)37-26)17-19-8-12-24(31)13-9-19/h3,6-16H,1,4-5,17-18H2,2H3/b26-16-. The van der Waals surface area contributed by atoms with E-state index >= 15 is 0 Å². The van der Waals surface area contributed by atoms with Crippen molar-refractivity contribution in [3.05, 3.63) is 110 Å². The van der Waals surface area contributed by atoms with E-state index in [0.717, 1.165) is 38.5 Å². The zero-order valence-electron chi connectivity index (χ0n) is 20.2. The van der Waals surface area contributed by atoms with E-state index in [4.69, 9.17) is 21.1 Å². The Kier molecular flexibility index (Phi) is 9.14. The summed E-state index contributed by atoms with van der Waals surface area (Å²) in [6.45, 7) is 6.79. The van der Waals surface area contributed by atoms with E-state index in [-0.39, 0.29) is 17.7 Å². The number of imide groups is 1. The van der Waals surface area contributed by atoms with E-state index in [0.29, 0.717) is 41.1 Å². The van der Waals surface area contributed by atoms with Crippen molar-refractivity contribution in [3.63, 3.8) is 0 Å². The third-order valence-electron chi connectivity index (χ3n) is 5.54. The van der Waals surface area contributed by atoms with Crippen LogP contribution < -0.4 is 9.47 Å². The third kappa shape index (κ3) is 6.86. The molecule has 1 aliphatic heterocycles. The summed E-state index contributed by atoms with van der Waals surface area (Å²) in [4.78, 5) is 27.3. The predicted molar refractivity (Wildman–Crippen MR) is 153 cm³/mol. The van der Waals surface area contributed by atoms with Gasteiger partial charge in [-0.25, -0.2) is 0 Å². The van der Waals surface area contributed by atoms with Gasteiger partial charge in [-0.05, 0) is 84.3 Å². The van der Waals surface area contributed by atoms with E-state index < -0.39 is 0 Å². The Labute approximate surface area is 234 Å². The fraction of sp³-hybridized carbons (Fsp3) is 0.172. The Bertz CT molecular complexity index is 1340.